The summed E-state index contributed by atoms with van der Waals surface area (Å²) in [5.74, 6) is -0.538. The Labute approximate surface area is 410 Å². The molecular weight excluding hydrogens is 825 g/mol. The first-order valence-electron chi connectivity index (χ1n) is 28.2. The monoisotopic (exact) mass is 937 g/mol. The minimum Gasteiger partial charge on any atom is -0.466 e. The van der Waals surface area contributed by atoms with Crippen LogP contribution in [0, 0.1) is 0 Å². The molecule has 0 aromatic carbocycles. The molecule has 0 saturated carbocycles. The summed E-state index contributed by atoms with van der Waals surface area (Å²) in [6.45, 7) is 9.47. The van der Waals surface area contributed by atoms with E-state index in [0.29, 0.717) is 26.2 Å². The summed E-state index contributed by atoms with van der Waals surface area (Å²) in [7, 11) is 9.97. The van der Waals surface area contributed by atoms with Crippen LogP contribution >= 0.6 is 0 Å². The van der Waals surface area contributed by atoms with E-state index in [1.807, 2.05) is 21.0 Å². The molecule has 0 aliphatic heterocycles. The van der Waals surface area contributed by atoms with Crippen molar-refractivity contribution in [3.63, 3.8) is 0 Å². The van der Waals surface area contributed by atoms with Crippen LogP contribution in [0.25, 0.3) is 0 Å². The number of carbonyl (C=O) groups is 2. The lowest BCUT2D eigenvalue weighted by Gasteiger charge is -2.18. The fourth-order valence-corrected chi connectivity index (χ4v) is 7.76. The summed E-state index contributed by atoms with van der Waals surface area (Å²) in [5, 5.41) is 11.4. The zero-order valence-corrected chi connectivity index (χ0v) is 44.4. The van der Waals surface area contributed by atoms with Crippen molar-refractivity contribution in [3.8, 4) is 0 Å². The number of alkyl carbamates (subject to hydrolysis) is 1. The lowest BCUT2D eigenvalue weighted by molar-refractivity contribution is -0.859. The van der Waals surface area contributed by atoms with Gasteiger partial charge in [0.25, 0.3) is 0 Å². The molecule has 0 aromatic heterocycles. The van der Waals surface area contributed by atoms with Gasteiger partial charge in [-0.2, -0.15) is 0 Å². The number of aliphatic hydroxyl groups excluding tert-OH is 1. The van der Waals surface area contributed by atoms with Crippen molar-refractivity contribution in [3.05, 3.63) is 12.2 Å². The summed E-state index contributed by atoms with van der Waals surface area (Å²) in [5.41, 5.74) is 2.41. The van der Waals surface area contributed by atoms with E-state index in [1.54, 1.807) is 0 Å². The van der Waals surface area contributed by atoms with E-state index < -0.39 is 0 Å². The van der Waals surface area contributed by atoms with Gasteiger partial charge in [0.1, 0.15) is 19.3 Å². The van der Waals surface area contributed by atoms with Gasteiger partial charge in [0.05, 0.1) is 35.2 Å². The summed E-state index contributed by atoms with van der Waals surface area (Å²) >= 11 is 0. The first kappa shape index (κ1) is 66.4. The number of esters is 1. The molecule has 2 unspecified atom stereocenters. The molecule has 390 valence electrons. The molecule has 1 rings (SSSR count). The fourth-order valence-electron chi connectivity index (χ4n) is 7.76. The Hall–Kier alpha value is -1.66. The molecule has 0 saturated heterocycles. The van der Waals surface area contributed by atoms with Gasteiger partial charge in [-0.05, 0) is 57.2 Å². The van der Waals surface area contributed by atoms with Crippen molar-refractivity contribution < 1.29 is 38.7 Å². The second kappa shape index (κ2) is 57.7. The van der Waals surface area contributed by atoms with Gasteiger partial charge >= 0.3 is 12.1 Å². The average Bonchev–Trinajstić information content (AvgIpc) is 3.30. The maximum absolute atomic E-state index is 11.8. The molecule has 66 heavy (non-hydrogen) atoms. The van der Waals surface area contributed by atoms with Crippen LogP contribution in [0.1, 0.15) is 265 Å². The third-order valence-electron chi connectivity index (χ3n) is 12.1. The summed E-state index contributed by atoms with van der Waals surface area (Å²) < 4.78 is 10.6. The minimum absolute atomic E-state index is 0.104. The molecule has 11 heteroatoms. The Balaban J connectivity index is 0. The molecule has 1 aliphatic rings. The van der Waals surface area contributed by atoms with Gasteiger partial charge in [0.2, 0.25) is 0 Å². The number of nitrogens with one attached hydrogen (secondary N) is 3. The highest BCUT2D eigenvalue weighted by Crippen LogP contribution is 2.17. The zero-order chi connectivity index (χ0) is 48.7. The number of ether oxygens (including phenoxy) is 2. The van der Waals surface area contributed by atoms with Gasteiger partial charge in [-0.1, -0.05) is 225 Å². The number of carbonyl (C=O) groups excluding carboxylic acids is 2. The minimum atomic E-state index is -0.365. The number of hydrogen-bond donors (Lipinski definition) is 4. The standard InChI is InChI=1S/C25H51BN2O4.C18H38O.C12H21NO2/c1-4-5-6-7-8-9-10-11-12-13-14-15-16-17-18-19-25(29)30-22-24(26)23-32-27-31-21-20-28(2)3;1-2-3-4-5-6-7-8-9-10-11-12-13-14-15-16-17-18-19;1-2-10-13-12(14)15-11-8-6-4-3-5-7-9-11/h24,27H,4-23H2,1-3H3;19H,2-18H2,1H3;3-4,11H,2,5-10H2,1H3,(H,13,14)/p+1/b;;4-3+. The van der Waals surface area contributed by atoms with Crippen molar-refractivity contribution in [2.75, 3.05) is 53.6 Å². The first-order valence-corrected chi connectivity index (χ1v) is 28.2. The largest absolute Gasteiger partial charge is 0.466 e. The maximum Gasteiger partial charge on any atom is 0.407 e. The average molecular weight is 937 g/mol. The van der Waals surface area contributed by atoms with Crippen LogP contribution in [-0.4, -0.2) is 84.7 Å². The van der Waals surface area contributed by atoms with Crippen LogP contribution in [0.4, 0.5) is 4.79 Å². The van der Waals surface area contributed by atoms with Gasteiger partial charge in [-0.3, -0.25) is 14.5 Å². The van der Waals surface area contributed by atoms with Crippen molar-refractivity contribution in [2.45, 2.75) is 277 Å². The Kier molecular flexibility index (Phi) is 58.0. The number of aliphatic hydroxyl groups is 1. The van der Waals surface area contributed by atoms with Crippen LogP contribution < -0.4 is 15.9 Å². The van der Waals surface area contributed by atoms with Gasteiger partial charge in [0, 0.05) is 19.6 Å². The molecule has 1 aliphatic carbocycles. The molecule has 0 fully saturated rings. The van der Waals surface area contributed by atoms with Crippen molar-refractivity contribution in [1.29, 1.82) is 0 Å². The van der Waals surface area contributed by atoms with E-state index in [9.17, 15) is 9.59 Å². The van der Waals surface area contributed by atoms with Crippen LogP contribution in [0.3, 0.4) is 0 Å². The molecule has 2 atom stereocenters. The van der Waals surface area contributed by atoms with Crippen LogP contribution in [0.15, 0.2) is 12.2 Å². The SMILES string of the molecule is CCCCCCCCCCCCCCCCCCO.CCCNC(=O)OC1CC/C=C/CCC1.[B]C(CONOCC[NH+](C)C)COC(=O)CCCCCCCCCCCCCCCCC. The topological polar surface area (TPSA) is 120 Å². The number of amides is 1. The third-order valence-corrected chi connectivity index (χ3v) is 12.1. The Morgan fingerprint density at radius 1 is 0.606 bits per heavy atom. The molecule has 1 amide bonds. The van der Waals surface area contributed by atoms with Crippen molar-refractivity contribution in [2.24, 2.45) is 0 Å². The number of quaternary nitrogens is 1. The molecule has 0 aromatic rings. The fraction of sp³-hybridized carbons (Fsp3) is 0.927. The van der Waals surface area contributed by atoms with E-state index >= 15 is 0 Å². The lowest BCUT2D eigenvalue weighted by atomic mass is 9.89. The smallest absolute Gasteiger partial charge is 0.407 e. The number of hydrogen-bond acceptors (Lipinski definition) is 8. The number of unbranched alkanes of at least 4 members (excludes halogenated alkanes) is 29. The predicted molar refractivity (Wildman–Crippen MR) is 280 cm³/mol. The highest BCUT2D eigenvalue weighted by molar-refractivity contribution is 6.11. The molecular formula is C55H111BN3O7+. The van der Waals surface area contributed by atoms with Gasteiger partial charge in [0.15, 0.2) is 0 Å². The second-order valence-electron chi connectivity index (χ2n) is 19.3. The van der Waals surface area contributed by atoms with Gasteiger partial charge in [-0.25, -0.2) is 4.79 Å². The highest BCUT2D eigenvalue weighted by atomic mass is 16.9. The van der Waals surface area contributed by atoms with Gasteiger partial charge in [-0.15, -0.1) is 0 Å². The second-order valence-corrected chi connectivity index (χ2v) is 19.3. The summed E-state index contributed by atoms with van der Waals surface area (Å²) in [6, 6.07) is 0. The Bertz CT molecular complexity index is 976. The maximum atomic E-state index is 11.8. The molecule has 0 bridgehead atoms. The van der Waals surface area contributed by atoms with Crippen molar-refractivity contribution >= 4 is 19.9 Å². The quantitative estimate of drug-likeness (QED) is 0.0157. The van der Waals surface area contributed by atoms with E-state index in [0.717, 1.165) is 64.3 Å². The van der Waals surface area contributed by atoms with E-state index in [1.165, 1.54) is 185 Å². The summed E-state index contributed by atoms with van der Waals surface area (Å²) in [4.78, 5) is 34.6. The van der Waals surface area contributed by atoms with E-state index in [2.05, 4.69) is 37.0 Å². The number of likely N-dealkylation sites (N-methyl/N-ethyl adjacent to an activating group) is 1. The summed E-state index contributed by atoms with van der Waals surface area (Å²) in [6.07, 6.45) is 52.8. The number of rotatable bonds is 44. The lowest BCUT2D eigenvalue weighted by Crippen LogP contribution is -3.06. The van der Waals surface area contributed by atoms with E-state index in [4.69, 9.17) is 32.1 Å². The van der Waals surface area contributed by atoms with Crippen molar-refractivity contribution in [1.82, 2.24) is 11.0 Å². The number of allylic oxidation sites excluding steroid dienone is 2. The third kappa shape index (κ3) is 58.5. The highest BCUT2D eigenvalue weighted by Gasteiger charge is 2.14. The van der Waals surface area contributed by atoms with Crippen LogP contribution in [0.2, 0.25) is 5.82 Å². The van der Waals surface area contributed by atoms with Crippen LogP contribution in [0.5, 0.6) is 0 Å². The molecule has 0 spiro atoms. The van der Waals surface area contributed by atoms with Crippen LogP contribution in [-0.2, 0) is 23.9 Å². The molecule has 4 N–H and O–H groups in total. The molecule has 2 radical (unpaired) electrons. The predicted octanol–water partition coefficient (Wildman–Crippen LogP) is 13.6. The Morgan fingerprint density at radius 2 is 1.06 bits per heavy atom. The van der Waals surface area contributed by atoms with Gasteiger partial charge < -0.3 is 24.8 Å². The first-order chi connectivity index (χ1) is 32.3. The molecule has 0 heterocycles. The Morgan fingerprint density at radius 3 is 1.52 bits per heavy atom. The van der Waals surface area contributed by atoms with E-state index in [-0.39, 0.29) is 37.2 Å². The zero-order valence-electron chi connectivity index (χ0n) is 44.4. The molecule has 10 nitrogen and oxygen atoms in total. The normalized spacial score (nSPS) is 14.6.